The quantitative estimate of drug-likeness (QED) is 0.842. The van der Waals surface area contributed by atoms with Gasteiger partial charge in [0.15, 0.2) is 0 Å². The third kappa shape index (κ3) is 3.66. The van der Waals surface area contributed by atoms with Crippen LogP contribution in [0.15, 0.2) is 18.2 Å². The number of likely N-dealkylation sites (tertiary alicyclic amines) is 1. The van der Waals surface area contributed by atoms with Crippen LogP contribution in [0.3, 0.4) is 0 Å². The van der Waals surface area contributed by atoms with E-state index in [1.165, 1.54) is 19.3 Å². The lowest BCUT2D eigenvalue weighted by Gasteiger charge is -2.27. The average molecular weight is 255 g/mol. The Morgan fingerprint density at radius 2 is 2.24 bits per heavy atom. The molecule has 0 spiro atoms. The van der Waals surface area contributed by atoms with Crippen molar-refractivity contribution in [3.63, 3.8) is 0 Å². The Balaban J connectivity index is 2.04. The Hall–Kier alpha value is -0.640. The fraction of sp³-hybridized carbons (Fsp3) is 0.615. The van der Waals surface area contributed by atoms with Crippen LogP contribution in [0.5, 0.6) is 0 Å². The molecule has 2 heterocycles. The molecule has 2 rings (SSSR count). The van der Waals surface area contributed by atoms with Crippen LogP contribution in [0.4, 0.5) is 0 Å². The normalized spacial score (nSPS) is 22.4. The van der Waals surface area contributed by atoms with Gasteiger partial charge in [-0.05, 0) is 31.5 Å². The number of nitrogens with zero attached hydrogens (tertiary/aromatic N) is 2. The Morgan fingerprint density at radius 3 is 3.00 bits per heavy atom. The first-order valence-corrected chi connectivity index (χ1v) is 6.64. The minimum atomic E-state index is 0.237. The monoisotopic (exact) mass is 254 g/mol. The highest BCUT2D eigenvalue weighted by atomic mass is 35.5. The molecule has 0 bridgehead atoms. The van der Waals surface area contributed by atoms with E-state index < -0.39 is 0 Å². The van der Waals surface area contributed by atoms with E-state index in [4.69, 9.17) is 11.6 Å². The van der Waals surface area contributed by atoms with E-state index in [1.807, 2.05) is 12.1 Å². The van der Waals surface area contributed by atoms with Gasteiger partial charge in [0.1, 0.15) is 5.15 Å². The van der Waals surface area contributed by atoms with E-state index in [0.717, 1.165) is 25.2 Å². The SMILES string of the molecule is OCC1CCCCCN1Cc1cccc(Cl)n1. The Bertz CT molecular complexity index is 359. The number of aliphatic hydroxyl groups excluding tert-OH is 1. The van der Waals surface area contributed by atoms with Crippen LogP contribution in [0.25, 0.3) is 0 Å². The number of hydrogen-bond donors (Lipinski definition) is 1. The van der Waals surface area contributed by atoms with Crippen LogP contribution >= 0.6 is 11.6 Å². The largest absolute Gasteiger partial charge is 0.395 e. The number of halogens is 1. The zero-order chi connectivity index (χ0) is 12.1. The van der Waals surface area contributed by atoms with E-state index in [-0.39, 0.29) is 12.6 Å². The van der Waals surface area contributed by atoms with Gasteiger partial charge < -0.3 is 5.11 Å². The summed E-state index contributed by atoms with van der Waals surface area (Å²) in [6, 6.07) is 5.98. The van der Waals surface area contributed by atoms with Crippen molar-refractivity contribution < 1.29 is 5.11 Å². The summed E-state index contributed by atoms with van der Waals surface area (Å²) >= 11 is 5.89. The summed E-state index contributed by atoms with van der Waals surface area (Å²) < 4.78 is 0. The summed E-state index contributed by atoms with van der Waals surface area (Å²) in [5, 5.41) is 9.97. The molecule has 1 aromatic heterocycles. The molecule has 1 aromatic rings. The number of pyridine rings is 1. The summed E-state index contributed by atoms with van der Waals surface area (Å²) in [6.45, 7) is 2.06. The third-order valence-corrected chi connectivity index (χ3v) is 3.56. The van der Waals surface area contributed by atoms with Gasteiger partial charge in [-0.2, -0.15) is 0 Å². The fourth-order valence-corrected chi connectivity index (χ4v) is 2.58. The van der Waals surface area contributed by atoms with Crippen molar-refractivity contribution in [1.29, 1.82) is 0 Å². The Kier molecular flexibility index (Phi) is 4.77. The van der Waals surface area contributed by atoms with E-state index in [0.29, 0.717) is 5.15 Å². The first-order valence-electron chi connectivity index (χ1n) is 6.26. The number of hydrogen-bond acceptors (Lipinski definition) is 3. The maximum absolute atomic E-state index is 9.43. The number of aromatic nitrogens is 1. The first kappa shape index (κ1) is 12.8. The van der Waals surface area contributed by atoms with Gasteiger partial charge in [0.05, 0.1) is 12.3 Å². The molecular formula is C13H19ClN2O. The zero-order valence-electron chi connectivity index (χ0n) is 9.98. The van der Waals surface area contributed by atoms with E-state index in [2.05, 4.69) is 9.88 Å². The molecule has 1 aliphatic heterocycles. The topological polar surface area (TPSA) is 36.4 Å². The molecule has 1 unspecified atom stereocenters. The van der Waals surface area contributed by atoms with Crippen LogP contribution in [0, 0.1) is 0 Å². The van der Waals surface area contributed by atoms with E-state index >= 15 is 0 Å². The second-order valence-electron chi connectivity index (χ2n) is 4.61. The highest BCUT2D eigenvalue weighted by Crippen LogP contribution is 2.19. The van der Waals surface area contributed by atoms with E-state index in [9.17, 15) is 5.11 Å². The minimum absolute atomic E-state index is 0.237. The second kappa shape index (κ2) is 6.34. The summed E-state index contributed by atoms with van der Waals surface area (Å²) in [6.07, 6.45) is 4.76. The van der Waals surface area contributed by atoms with Crippen molar-refractivity contribution >= 4 is 11.6 Å². The first-order chi connectivity index (χ1) is 8.29. The van der Waals surface area contributed by atoms with Crippen LogP contribution in [-0.4, -0.2) is 34.2 Å². The summed E-state index contributed by atoms with van der Waals surface area (Å²) in [4.78, 5) is 6.63. The van der Waals surface area contributed by atoms with Crippen molar-refractivity contribution in [2.45, 2.75) is 38.3 Å². The molecule has 0 saturated carbocycles. The third-order valence-electron chi connectivity index (χ3n) is 3.35. The molecule has 3 nitrogen and oxygen atoms in total. The molecule has 0 aliphatic carbocycles. The number of rotatable bonds is 3. The minimum Gasteiger partial charge on any atom is -0.395 e. The molecular weight excluding hydrogens is 236 g/mol. The molecule has 1 saturated heterocycles. The lowest BCUT2D eigenvalue weighted by atomic mass is 10.1. The van der Waals surface area contributed by atoms with Gasteiger partial charge in [0, 0.05) is 12.6 Å². The molecule has 0 amide bonds. The van der Waals surface area contributed by atoms with Crippen molar-refractivity contribution in [3.05, 3.63) is 29.0 Å². The molecule has 17 heavy (non-hydrogen) atoms. The van der Waals surface area contributed by atoms with Gasteiger partial charge in [-0.25, -0.2) is 4.98 Å². The molecule has 1 aliphatic rings. The van der Waals surface area contributed by atoms with Gasteiger partial charge in [0.25, 0.3) is 0 Å². The molecule has 1 atom stereocenters. The van der Waals surface area contributed by atoms with Crippen LogP contribution in [0.2, 0.25) is 5.15 Å². The van der Waals surface area contributed by atoms with Crippen LogP contribution in [-0.2, 0) is 6.54 Å². The van der Waals surface area contributed by atoms with Crippen molar-refractivity contribution in [1.82, 2.24) is 9.88 Å². The molecule has 0 aromatic carbocycles. The smallest absolute Gasteiger partial charge is 0.129 e. The Morgan fingerprint density at radius 1 is 1.35 bits per heavy atom. The van der Waals surface area contributed by atoms with Crippen molar-refractivity contribution in [3.8, 4) is 0 Å². The predicted octanol–water partition coefficient (Wildman–Crippen LogP) is 2.47. The highest BCUT2D eigenvalue weighted by Gasteiger charge is 2.20. The maximum Gasteiger partial charge on any atom is 0.129 e. The van der Waals surface area contributed by atoms with Gasteiger partial charge in [-0.1, -0.05) is 30.5 Å². The number of aliphatic hydroxyl groups is 1. The lowest BCUT2D eigenvalue weighted by Crippen LogP contribution is -2.37. The molecule has 94 valence electrons. The van der Waals surface area contributed by atoms with Crippen LogP contribution < -0.4 is 0 Å². The van der Waals surface area contributed by atoms with E-state index in [1.54, 1.807) is 6.07 Å². The fourth-order valence-electron chi connectivity index (χ4n) is 2.40. The van der Waals surface area contributed by atoms with Gasteiger partial charge in [-0.3, -0.25) is 4.90 Å². The Labute approximate surface area is 107 Å². The van der Waals surface area contributed by atoms with Crippen molar-refractivity contribution in [2.75, 3.05) is 13.2 Å². The van der Waals surface area contributed by atoms with Gasteiger partial charge in [-0.15, -0.1) is 0 Å². The maximum atomic E-state index is 9.43. The second-order valence-corrected chi connectivity index (χ2v) is 5.00. The predicted molar refractivity (Wildman–Crippen MR) is 69.0 cm³/mol. The standard InChI is InChI=1S/C13H19ClN2O/c14-13-7-4-5-11(15-13)9-16-8-3-1-2-6-12(16)10-17/h4-5,7,12,17H,1-3,6,8-10H2. The van der Waals surface area contributed by atoms with Gasteiger partial charge >= 0.3 is 0 Å². The summed E-state index contributed by atoms with van der Waals surface area (Å²) in [7, 11) is 0. The summed E-state index contributed by atoms with van der Waals surface area (Å²) in [5.41, 5.74) is 0.984. The molecule has 1 fully saturated rings. The average Bonchev–Trinajstić information content (AvgIpc) is 2.54. The molecule has 0 radical (unpaired) electrons. The van der Waals surface area contributed by atoms with Gasteiger partial charge in [0.2, 0.25) is 0 Å². The highest BCUT2D eigenvalue weighted by molar-refractivity contribution is 6.29. The van der Waals surface area contributed by atoms with Crippen LogP contribution in [0.1, 0.15) is 31.4 Å². The lowest BCUT2D eigenvalue weighted by molar-refractivity contribution is 0.117. The summed E-state index contributed by atoms with van der Waals surface area (Å²) in [5.74, 6) is 0. The van der Waals surface area contributed by atoms with Crippen molar-refractivity contribution in [2.24, 2.45) is 0 Å². The molecule has 1 N–H and O–H groups in total. The zero-order valence-corrected chi connectivity index (χ0v) is 10.7. The molecule has 4 heteroatoms.